The number of aromatic carboxylic acids is 1. The van der Waals surface area contributed by atoms with Crippen molar-refractivity contribution in [3.05, 3.63) is 34.5 Å². The van der Waals surface area contributed by atoms with Crippen LogP contribution in [0.1, 0.15) is 34.7 Å². The number of halogens is 1. The minimum absolute atomic E-state index is 0.287. The number of benzene rings is 1. The normalized spacial score (nSPS) is 15.4. The molecular weight excluding hydrogens is 238 g/mol. The molecule has 1 aromatic carbocycles. The van der Waals surface area contributed by atoms with Gasteiger partial charge in [-0.2, -0.15) is 0 Å². The van der Waals surface area contributed by atoms with Crippen LogP contribution >= 0.6 is 11.6 Å². The highest BCUT2D eigenvalue weighted by molar-refractivity contribution is 6.37. The largest absolute Gasteiger partial charge is 0.478 e. The number of fused-ring (bicyclic) bond motifs is 1. The Morgan fingerprint density at radius 1 is 1.47 bits per heavy atom. The Morgan fingerprint density at radius 2 is 2.18 bits per heavy atom. The summed E-state index contributed by atoms with van der Waals surface area (Å²) in [5, 5.41) is 10.5. The summed E-state index contributed by atoms with van der Waals surface area (Å²) >= 11 is 6.36. The molecule has 0 spiro atoms. The van der Waals surface area contributed by atoms with Crippen LogP contribution in [0, 0.1) is 0 Å². The molecule has 0 atom stereocenters. The third-order valence-corrected chi connectivity index (χ3v) is 3.78. The highest BCUT2D eigenvalue weighted by Crippen LogP contribution is 2.45. The van der Waals surface area contributed by atoms with Gasteiger partial charge in [0, 0.05) is 18.6 Å². The van der Waals surface area contributed by atoms with Crippen molar-refractivity contribution in [2.75, 3.05) is 0 Å². The summed E-state index contributed by atoms with van der Waals surface area (Å²) in [5.41, 5.74) is 2.25. The Morgan fingerprint density at radius 3 is 2.76 bits per heavy atom. The number of nitrogens with zero attached hydrogens (tertiary/aromatic N) is 1. The van der Waals surface area contributed by atoms with E-state index in [1.54, 1.807) is 10.8 Å². The molecule has 88 valence electrons. The fraction of sp³-hybridized carbons (Fsp3) is 0.308. The second kappa shape index (κ2) is 3.50. The minimum atomic E-state index is -0.926. The Hall–Kier alpha value is -1.48. The minimum Gasteiger partial charge on any atom is -0.478 e. The lowest BCUT2D eigenvalue weighted by atomic mass is 10.1. The quantitative estimate of drug-likeness (QED) is 0.886. The van der Waals surface area contributed by atoms with E-state index in [0.29, 0.717) is 16.3 Å². The Kier molecular flexibility index (Phi) is 2.20. The standard InChI is InChI=1S/C13H12ClNO2/c1-15-6-9(13(16)17)11-10(15)5-4-8(12(11)14)7-2-3-7/h4-7H,2-3H2,1H3,(H,16,17). The molecule has 17 heavy (non-hydrogen) atoms. The average Bonchev–Trinajstić information content (AvgIpc) is 3.04. The summed E-state index contributed by atoms with van der Waals surface area (Å²) in [6, 6.07) is 3.98. The SMILES string of the molecule is Cn1cc(C(=O)O)c2c(Cl)c(C3CC3)ccc21. The molecule has 3 nitrogen and oxygen atoms in total. The molecule has 0 saturated heterocycles. The second-order valence-electron chi connectivity index (χ2n) is 4.60. The van der Waals surface area contributed by atoms with Crippen LogP contribution < -0.4 is 0 Å². The van der Waals surface area contributed by atoms with Gasteiger partial charge in [-0.25, -0.2) is 4.79 Å². The molecule has 1 fully saturated rings. The van der Waals surface area contributed by atoms with Crippen molar-refractivity contribution >= 4 is 28.5 Å². The average molecular weight is 250 g/mol. The molecule has 1 aromatic heterocycles. The van der Waals surface area contributed by atoms with Crippen molar-refractivity contribution in [2.24, 2.45) is 7.05 Å². The van der Waals surface area contributed by atoms with Crippen LogP contribution in [0.4, 0.5) is 0 Å². The van der Waals surface area contributed by atoms with Gasteiger partial charge in [0.25, 0.3) is 0 Å². The van der Waals surface area contributed by atoms with Gasteiger partial charge in [-0.3, -0.25) is 0 Å². The molecule has 1 heterocycles. The van der Waals surface area contributed by atoms with Crippen molar-refractivity contribution in [1.82, 2.24) is 4.57 Å². The fourth-order valence-corrected chi connectivity index (χ4v) is 2.75. The Balaban J connectivity index is 2.35. The molecular formula is C13H12ClNO2. The summed E-state index contributed by atoms with van der Waals surface area (Å²) in [7, 11) is 1.84. The topological polar surface area (TPSA) is 42.2 Å². The van der Waals surface area contributed by atoms with Crippen LogP contribution in [0.25, 0.3) is 10.9 Å². The zero-order valence-electron chi connectivity index (χ0n) is 9.40. The van der Waals surface area contributed by atoms with Gasteiger partial charge in [-0.15, -0.1) is 0 Å². The maximum absolute atomic E-state index is 11.2. The first-order valence-electron chi connectivity index (χ1n) is 5.60. The highest BCUT2D eigenvalue weighted by Gasteiger charge is 2.28. The summed E-state index contributed by atoms with van der Waals surface area (Å²) in [5.74, 6) is -0.404. The molecule has 1 aliphatic carbocycles. The molecule has 4 heteroatoms. The number of hydrogen-bond donors (Lipinski definition) is 1. The Bertz CT molecular complexity index is 626. The second-order valence-corrected chi connectivity index (χ2v) is 4.97. The van der Waals surface area contributed by atoms with Crippen molar-refractivity contribution in [2.45, 2.75) is 18.8 Å². The number of carbonyl (C=O) groups is 1. The molecule has 0 aliphatic heterocycles. The smallest absolute Gasteiger partial charge is 0.337 e. The number of aromatic nitrogens is 1. The van der Waals surface area contributed by atoms with E-state index >= 15 is 0 Å². The van der Waals surface area contributed by atoms with Gasteiger partial charge >= 0.3 is 5.97 Å². The first-order chi connectivity index (χ1) is 8.09. The van der Waals surface area contributed by atoms with Gasteiger partial charge in [0.2, 0.25) is 0 Å². The molecule has 3 rings (SSSR count). The third kappa shape index (κ3) is 1.53. The van der Waals surface area contributed by atoms with E-state index in [9.17, 15) is 9.90 Å². The van der Waals surface area contributed by atoms with Gasteiger partial charge in [-0.1, -0.05) is 17.7 Å². The van der Waals surface area contributed by atoms with Crippen molar-refractivity contribution in [1.29, 1.82) is 0 Å². The predicted octanol–water partition coefficient (Wildman–Crippen LogP) is 3.41. The monoisotopic (exact) mass is 249 g/mol. The van der Waals surface area contributed by atoms with E-state index in [1.807, 2.05) is 19.2 Å². The Labute approximate surface area is 104 Å². The molecule has 2 aromatic rings. The zero-order valence-corrected chi connectivity index (χ0v) is 10.2. The van der Waals surface area contributed by atoms with Gasteiger partial charge < -0.3 is 9.67 Å². The lowest BCUT2D eigenvalue weighted by molar-refractivity contribution is 0.0699. The van der Waals surface area contributed by atoms with Gasteiger partial charge in [0.05, 0.1) is 16.1 Å². The van der Waals surface area contributed by atoms with Crippen LogP contribution in [-0.4, -0.2) is 15.6 Å². The number of hydrogen-bond acceptors (Lipinski definition) is 1. The van der Waals surface area contributed by atoms with Crippen LogP contribution in [0.5, 0.6) is 0 Å². The lowest BCUT2D eigenvalue weighted by Crippen LogP contribution is -1.95. The first kappa shape index (κ1) is 10.7. The van der Waals surface area contributed by atoms with Crippen molar-refractivity contribution in [3.8, 4) is 0 Å². The number of carboxylic acid groups (broad SMARTS) is 1. The molecule has 0 unspecified atom stereocenters. The van der Waals surface area contributed by atoms with Crippen molar-refractivity contribution < 1.29 is 9.90 Å². The van der Waals surface area contributed by atoms with E-state index < -0.39 is 5.97 Å². The number of carboxylic acids is 1. The molecule has 0 amide bonds. The van der Waals surface area contributed by atoms with Gasteiger partial charge in [-0.05, 0) is 30.4 Å². The summed E-state index contributed by atoms with van der Waals surface area (Å²) in [6.07, 6.45) is 3.93. The predicted molar refractivity (Wildman–Crippen MR) is 66.9 cm³/mol. The molecule has 1 N–H and O–H groups in total. The van der Waals surface area contributed by atoms with E-state index in [-0.39, 0.29) is 5.56 Å². The third-order valence-electron chi connectivity index (χ3n) is 3.37. The van der Waals surface area contributed by atoms with Crippen molar-refractivity contribution in [3.63, 3.8) is 0 Å². The lowest BCUT2D eigenvalue weighted by Gasteiger charge is -2.05. The fourth-order valence-electron chi connectivity index (χ4n) is 2.33. The molecule has 1 aliphatic rings. The van der Waals surface area contributed by atoms with E-state index in [2.05, 4.69) is 0 Å². The van der Waals surface area contributed by atoms with Crippen LogP contribution in [0.2, 0.25) is 5.02 Å². The molecule has 0 radical (unpaired) electrons. The van der Waals surface area contributed by atoms with E-state index in [1.165, 1.54) is 0 Å². The van der Waals surface area contributed by atoms with Gasteiger partial charge in [0.15, 0.2) is 0 Å². The molecule has 0 bridgehead atoms. The molecule has 1 saturated carbocycles. The maximum Gasteiger partial charge on any atom is 0.337 e. The summed E-state index contributed by atoms with van der Waals surface area (Å²) in [4.78, 5) is 11.2. The summed E-state index contributed by atoms with van der Waals surface area (Å²) < 4.78 is 1.81. The van der Waals surface area contributed by atoms with Crippen LogP contribution in [-0.2, 0) is 7.05 Å². The van der Waals surface area contributed by atoms with Crippen LogP contribution in [0.15, 0.2) is 18.3 Å². The highest BCUT2D eigenvalue weighted by atomic mass is 35.5. The zero-order chi connectivity index (χ0) is 12.2. The summed E-state index contributed by atoms with van der Waals surface area (Å²) in [6.45, 7) is 0. The van der Waals surface area contributed by atoms with Crippen LogP contribution in [0.3, 0.4) is 0 Å². The number of aryl methyl sites for hydroxylation is 1. The maximum atomic E-state index is 11.2. The number of rotatable bonds is 2. The first-order valence-corrected chi connectivity index (χ1v) is 5.98. The van der Waals surface area contributed by atoms with Gasteiger partial charge in [0.1, 0.15) is 0 Å². The van der Waals surface area contributed by atoms with E-state index in [0.717, 1.165) is 23.9 Å². The van der Waals surface area contributed by atoms with E-state index in [4.69, 9.17) is 11.6 Å².